The number of hydrogen-bond donors (Lipinski definition) is 0. The molecule has 0 amide bonds. The second kappa shape index (κ2) is 13.6. The van der Waals surface area contributed by atoms with E-state index >= 15 is 0 Å². The van der Waals surface area contributed by atoms with Crippen molar-refractivity contribution in [3.05, 3.63) is 200 Å². The Bertz CT molecular complexity index is 2300. The Balaban J connectivity index is 1.42. The van der Waals surface area contributed by atoms with Crippen LogP contribution in [0.5, 0.6) is 0 Å². The van der Waals surface area contributed by atoms with Crippen LogP contribution < -0.4 is 0 Å². The van der Waals surface area contributed by atoms with Gasteiger partial charge in [-0.25, -0.2) is 14.0 Å². The Labute approximate surface area is 308 Å². The van der Waals surface area contributed by atoms with Crippen molar-refractivity contribution in [2.45, 2.75) is 12.7 Å². The lowest BCUT2D eigenvalue weighted by Gasteiger charge is -2.35. The standard InChI is InChI=1S/C47H36N6/c1-47(51-44(38-26-14-5-15-27-38)32-41(48-51)35-20-8-2-9-21-35,52-45(39-28-16-6-17-29-39)33-42(49-52)36-22-10-3-11-23-36)53-46(40-30-18-7-19-31-40)34-43(50-53)37-24-12-4-13-25-37/h2-34H,1H3. The van der Waals surface area contributed by atoms with Gasteiger partial charge in [0.2, 0.25) is 5.79 Å². The zero-order valence-corrected chi connectivity index (χ0v) is 29.2. The van der Waals surface area contributed by atoms with Crippen LogP contribution in [-0.2, 0) is 5.79 Å². The third kappa shape index (κ3) is 5.86. The van der Waals surface area contributed by atoms with Crippen LogP contribution in [0.4, 0.5) is 0 Å². The van der Waals surface area contributed by atoms with E-state index in [1.807, 2.05) is 36.4 Å². The highest BCUT2D eigenvalue weighted by Gasteiger charge is 2.41. The van der Waals surface area contributed by atoms with Crippen molar-refractivity contribution >= 4 is 0 Å². The molecule has 6 aromatic carbocycles. The maximum atomic E-state index is 5.51. The lowest BCUT2D eigenvalue weighted by atomic mass is 10.1. The zero-order chi connectivity index (χ0) is 35.6. The average Bonchev–Trinajstić information content (AvgIpc) is 4.02. The molecule has 0 unspecified atom stereocenters. The molecule has 6 heteroatoms. The largest absolute Gasteiger partial charge is 0.247 e. The first kappa shape index (κ1) is 31.9. The predicted octanol–water partition coefficient (Wildman–Crippen LogP) is 11.0. The Hall–Kier alpha value is -7.05. The van der Waals surface area contributed by atoms with Crippen molar-refractivity contribution in [1.82, 2.24) is 29.3 Å². The van der Waals surface area contributed by atoms with E-state index in [-0.39, 0.29) is 0 Å². The SMILES string of the molecule is CC(n1nc(-c2ccccc2)cc1-c1ccccc1)(n1nc(-c2ccccc2)cc1-c1ccccc1)n1nc(-c2ccccc2)cc1-c1ccccc1. The van der Waals surface area contributed by atoms with E-state index in [2.05, 4.69) is 185 Å². The number of nitrogens with zero attached hydrogens (tertiary/aromatic N) is 6. The fourth-order valence-corrected chi connectivity index (χ4v) is 7.07. The highest BCUT2D eigenvalue weighted by molar-refractivity contribution is 5.73. The van der Waals surface area contributed by atoms with E-state index in [4.69, 9.17) is 15.3 Å². The van der Waals surface area contributed by atoms with Gasteiger partial charge >= 0.3 is 0 Å². The maximum Gasteiger partial charge on any atom is 0.247 e. The Morgan fingerprint density at radius 1 is 0.302 bits per heavy atom. The molecule has 53 heavy (non-hydrogen) atoms. The second-order valence-electron chi connectivity index (χ2n) is 13.1. The maximum absolute atomic E-state index is 5.51. The molecule has 0 bridgehead atoms. The van der Waals surface area contributed by atoms with Gasteiger partial charge < -0.3 is 0 Å². The van der Waals surface area contributed by atoms with Crippen LogP contribution in [0.15, 0.2) is 200 Å². The predicted molar refractivity (Wildman–Crippen MR) is 214 cm³/mol. The summed E-state index contributed by atoms with van der Waals surface area (Å²) in [6.07, 6.45) is 0. The van der Waals surface area contributed by atoms with Gasteiger partial charge in [-0.15, -0.1) is 0 Å². The third-order valence-corrected chi connectivity index (χ3v) is 9.75. The molecule has 0 aliphatic rings. The van der Waals surface area contributed by atoms with E-state index in [0.29, 0.717) is 0 Å². The molecule has 9 rings (SSSR count). The topological polar surface area (TPSA) is 53.5 Å². The number of hydrogen-bond acceptors (Lipinski definition) is 3. The Morgan fingerprint density at radius 3 is 0.736 bits per heavy atom. The molecule has 0 spiro atoms. The van der Waals surface area contributed by atoms with Crippen molar-refractivity contribution in [1.29, 1.82) is 0 Å². The molecule has 9 aromatic rings. The molecule has 0 aliphatic heterocycles. The summed E-state index contributed by atoms with van der Waals surface area (Å²) in [5, 5.41) is 16.5. The summed E-state index contributed by atoms with van der Waals surface area (Å²) in [6, 6.07) is 68.9. The van der Waals surface area contributed by atoms with E-state index in [1.54, 1.807) is 0 Å². The van der Waals surface area contributed by atoms with Gasteiger partial charge in [0.25, 0.3) is 0 Å². The first-order valence-corrected chi connectivity index (χ1v) is 17.8. The van der Waals surface area contributed by atoms with Gasteiger partial charge in [-0.3, -0.25) is 0 Å². The molecule has 0 aliphatic carbocycles. The fourth-order valence-electron chi connectivity index (χ4n) is 7.07. The van der Waals surface area contributed by atoms with Crippen molar-refractivity contribution in [3.63, 3.8) is 0 Å². The van der Waals surface area contributed by atoms with Crippen LogP contribution in [0.1, 0.15) is 6.92 Å². The Morgan fingerprint density at radius 2 is 0.509 bits per heavy atom. The van der Waals surface area contributed by atoms with Crippen LogP contribution in [0, 0.1) is 0 Å². The van der Waals surface area contributed by atoms with Gasteiger partial charge in [0.15, 0.2) is 0 Å². The monoisotopic (exact) mass is 684 g/mol. The van der Waals surface area contributed by atoms with E-state index in [9.17, 15) is 0 Å². The van der Waals surface area contributed by atoms with Crippen LogP contribution in [-0.4, -0.2) is 29.3 Å². The van der Waals surface area contributed by atoms with Gasteiger partial charge in [0.05, 0.1) is 34.2 Å². The molecule has 0 atom stereocenters. The quantitative estimate of drug-likeness (QED) is 0.152. The highest BCUT2D eigenvalue weighted by Crippen LogP contribution is 2.40. The first-order valence-electron chi connectivity index (χ1n) is 17.8. The van der Waals surface area contributed by atoms with Gasteiger partial charge in [0.1, 0.15) is 0 Å². The minimum Gasteiger partial charge on any atom is -0.216 e. The van der Waals surface area contributed by atoms with E-state index < -0.39 is 5.79 Å². The number of rotatable bonds is 9. The van der Waals surface area contributed by atoms with Gasteiger partial charge in [-0.1, -0.05) is 182 Å². The lowest BCUT2D eigenvalue weighted by molar-refractivity contribution is 0.150. The number of benzene rings is 6. The molecule has 3 heterocycles. The smallest absolute Gasteiger partial charge is 0.216 e. The highest BCUT2D eigenvalue weighted by atomic mass is 15.6. The molecule has 3 aromatic heterocycles. The molecule has 0 N–H and O–H groups in total. The van der Waals surface area contributed by atoms with Crippen LogP contribution in [0.2, 0.25) is 0 Å². The normalized spacial score (nSPS) is 11.5. The van der Waals surface area contributed by atoms with Crippen LogP contribution >= 0.6 is 0 Å². The third-order valence-electron chi connectivity index (χ3n) is 9.75. The molecular weight excluding hydrogens is 649 g/mol. The van der Waals surface area contributed by atoms with E-state index in [0.717, 1.165) is 67.5 Å². The van der Waals surface area contributed by atoms with Crippen molar-refractivity contribution in [2.24, 2.45) is 0 Å². The summed E-state index contributed by atoms with van der Waals surface area (Å²) in [4.78, 5) is 0. The molecule has 0 saturated heterocycles. The summed E-state index contributed by atoms with van der Waals surface area (Å²) in [5.74, 6) is -1.17. The average molecular weight is 685 g/mol. The molecular formula is C47H36N6. The summed E-state index contributed by atoms with van der Waals surface area (Å²) in [6.45, 7) is 2.17. The van der Waals surface area contributed by atoms with Gasteiger partial charge in [0, 0.05) is 23.6 Å². The Kier molecular flexibility index (Phi) is 8.18. The minimum absolute atomic E-state index is 0.851. The first-order chi connectivity index (χ1) is 26.2. The molecule has 0 fully saturated rings. The van der Waals surface area contributed by atoms with Gasteiger partial charge in [-0.2, -0.15) is 15.3 Å². The number of aromatic nitrogens is 6. The van der Waals surface area contributed by atoms with Crippen molar-refractivity contribution < 1.29 is 0 Å². The summed E-state index contributed by atoms with van der Waals surface area (Å²) < 4.78 is 6.31. The fraction of sp³-hybridized carbons (Fsp3) is 0.0426. The summed E-state index contributed by atoms with van der Waals surface area (Å²) in [7, 11) is 0. The summed E-state index contributed by atoms with van der Waals surface area (Å²) in [5.41, 5.74) is 11.5. The molecule has 254 valence electrons. The van der Waals surface area contributed by atoms with Gasteiger partial charge in [-0.05, 0) is 34.9 Å². The van der Waals surface area contributed by atoms with Crippen LogP contribution in [0.25, 0.3) is 67.5 Å². The van der Waals surface area contributed by atoms with Crippen molar-refractivity contribution in [3.8, 4) is 67.5 Å². The summed E-state index contributed by atoms with van der Waals surface area (Å²) >= 11 is 0. The lowest BCUT2D eigenvalue weighted by Crippen LogP contribution is -2.48. The van der Waals surface area contributed by atoms with E-state index in [1.165, 1.54) is 0 Å². The zero-order valence-electron chi connectivity index (χ0n) is 29.2. The van der Waals surface area contributed by atoms with Crippen LogP contribution in [0.3, 0.4) is 0 Å². The molecule has 6 nitrogen and oxygen atoms in total. The molecule has 0 radical (unpaired) electrons. The second-order valence-corrected chi connectivity index (χ2v) is 13.1. The minimum atomic E-state index is -1.17. The molecule has 0 saturated carbocycles. The van der Waals surface area contributed by atoms with Crippen molar-refractivity contribution in [2.75, 3.05) is 0 Å².